The number of rotatable bonds is 4. The molecule has 0 aliphatic heterocycles. The van der Waals surface area contributed by atoms with Crippen LogP contribution in [0.2, 0.25) is 0 Å². The number of amides is 1. The highest BCUT2D eigenvalue weighted by atomic mass is 16.2. The molecule has 1 heterocycles. The van der Waals surface area contributed by atoms with Gasteiger partial charge in [0.1, 0.15) is 0 Å². The van der Waals surface area contributed by atoms with Crippen molar-refractivity contribution in [3.05, 3.63) is 34.2 Å². The number of aromatic nitrogens is 1. The molecule has 1 aromatic rings. The van der Waals surface area contributed by atoms with Crippen LogP contribution in [0.1, 0.15) is 17.3 Å². The lowest BCUT2D eigenvalue weighted by Gasteiger charge is -2.20. The number of hydrogen-bond donors (Lipinski definition) is 2. The molecule has 0 aliphatic rings. The van der Waals surface area contributed by atoms with Crippen molar-refractivity contribution < 1.29 is 4.79 Å². The fourth-order valence-electron chi connectivity index (χ4n) is 1.42. The van der Waals surface area contributed by atoms with Gasteiger partial charge in [-0.05, 0) is 18.5 Å². The molecule has 0 radical (unpaired) electrons. The zero-order chi connectivity index (χ0) is 12.1. The molecule has 0 fully saturated rings. The summed E-state index contributed by atoms with van der Waals surface area (Å²) in [4.78, 5) is 27.0. The quantitative estimate of drug-likeness (QED) is 0.756. The average Bonchev–Trinajstić information content (AvgIpc) is 2.27. The Balaban J connectivity index is 2.74. The number of hydrogen-bond acceptors (Lipinski definition) is 3. The Morgan fingerprint density at radius 2 is 2.31 bits per heavy atom. The van der Waals surface area contributed by atoms with Gasteiger partial charge in [0.05, 0.1) is 0 Å². The second kappa shape index (κ2) is 5.46. The summed E-state index contributed by atoms with van der Waals surface area (Å²) in [5, 5.41) is 0. The third-order valence-corrected chi connectivity index (χ3v) is 2.36. The maximum atomic E-state index is 11.9. The molecule has 1 rings (SSSR count). The molecule has 1 amide bonds. The van der Waals surface area contributed by atoms with E-state index in [0.29, 0.717) is 18.7 Å². The smallest absolute Gasteiger partial charge is 0.253 e. The summed E-state index contributed by atoms with van der Waals surface area (Å²) in [6, 6.07) is 2.89. The SMILES string of the molecule is CC(CN)CN(C)C(=O)c1cc[nH]c(=O)c1. The Bertz CT molecular complexity index is 414. The average molecular weight is 223 g/mol. The van der Waals surface area contributed by atoms with E-state index in [-0.39, 0.29) is 17.4 Å². The number of nitrogens with zero attached hydrogens (tertiary/aromatic N) is 1. The van der Waals surface area contributed by atoms with Gasteiger partial charge in [-0.3, -0.25) is 9.59 Å². The van der Waals surface area contributed by atoms with E-state index in [0.717, 1.165) is 0 Å². The van der Waals surface area contributed by atoms with E-state index >= 15 is 0 Å². The molecule has 0 saturated heterocycles. The first-order chi connectivity index (χ1) is 7.54. The number of carbonyl (C=O) groups excluding carboxylic acids is 1. The summed E-state index contributed by atoms with van der Waals surface area (Å²) in [6.45, 7) is 3.09. The van der Waals surface area contributed by atoms with Gasteiger partial charge in [-0.25, -0.2) is 0 Å². The van der Waals surface area contributed by atoms with E-state index < -0.39 is 0 Å². The van der Waals surface area contributed by atoms with Crippen LogP contribution in [0.25, 0.3) is 0 Å². The minimum Gasteiger partial charge on any atom is -0.341 e. The van der Waals surface area contributed by atoms with Crippen LogP contribution in [0.15, 0.2) is 23.1 Å². The third-order valence-electron chi connectivity index (χ3n) is 2.36. The number of nitrogens with two attached hydrogens (primary N) is 1. The monoisotopic (exact) mass is 223 g/mol. The summed E-state index contributed by atoms with van der Waals surface area (Å²) in [5.74, 6) is 0.0855. The van der Waals surface area contributed by atoms with E-state index in [9.17, 15) is 9.59 Å². The van der Waals surface area contributed by atoms with Crippen molar-refractivity contribution in [1.82, 2.24) is 9.88 Å². The molecule has 88 valence electrons. The first-order valence-electron chi connectivity index (χ1n) is 5.19. The van der Waals surface area contributed by atoms with E-state index in [1.165, 1.54) is 12.3 Å². The molecule has 0 aliphatic carbocycles. The fourth-order valence-corrected chi connectivity index (χ4v) is 1.42. The first kappa shape index (κ1) is 12.4. The molecule has 0 saturated carbocycles. The van der Waals surface area contributed by atoms with Crippen LogP contribution in [0.3, 0.4) is 0 Å². The Morgan fingerprint density at radius 1 is 1.62 bits per heavy atom. The lowest BCUT2D eigenvalue weighted by molar-refractivity contribution is 0.0777. The van der Waals surface area contributed by atoms with Crippen molar-refractivity contribution in [2.75, 3.05) is 20.1 Å². The summed E-state index contributed by atoms with van der Waals surface area (Å²) in [7, 11) is 1.70. The Kier molecular flexibility index (Phi) is 4.25. The highest BCUT2D eigenvalue weighted by Crippen LogP contribution is 2.02. The van der Waals surface area contributed by atoms with Gasteiger partial charge in [0.2, 0.25) is 5.56 Å². The van der Waals surface area contributed by atoms with Crippen molar-refractivity contribution in [2.45, 2.75) is 6.92 Å². The van der Waals surface area contributed by atoms with Gasteiger partial charge in [-0.1, -0.05) is 6.92 Å². The lowest BCUT2D eigenvalue weighted by Crippen LogP contribution is -2.33. The largest absolute Gasteiger partial charge is 0.341 e. The zero-order valence-electron chi connectivity index (χ0n) is 9.56. The molecule has 1 atom stereocenters. The zero-order valence-corrected chi connectivity index (χ0v) is 9.56. The molecular weight excluding hydrogens is 206 g/mol. The number of nitrogens with one attached hydrogen (secondary N) is 1. The highest BCUT2D eigenvalue weighted by Gasteiger charge is 2.13. The van der Waals surface area contributed by atoms with Crippen LogP contribution in [-0.4, -0.2) is 35.9 Å². The predicted octanol–water partition coefficient (Wildman–Crippen LogP) is 0.0417. The molecule has 3 N–H and O–H groups in total. The minimum atomic E-state index is -0.272. The molecule has 5 heteroatoms. The minimum absolute atomic E-state index is 0.161. The van der Waals surface area contributed by atoms with Gasteiger partial charge in [-0.2, -0.15) is 0 Å². The van der Waals surface area contributed by atoms with Gasteiger partial charge in [0.15, 0.2) is 0 Å². The van der Waals surface area contributed by atoms with E-state index in [1.54, 1.807) is 18.0 Å². The maximum absolute atomic E-state index is 11.9. The van der Waals surface area contributed by atoms with Gasteiger partial charge >= 0.3 is 0 Å². The van der Waals surface area contributed by atoms with E-state index in [1.807, 2.05) is 6.92 Å². The molecule has 0 spiro atoms. The number of H-pyrrole nitrogens is 1. The number of carbonyl (C=O) groups is 1. The van der Waals surface area contributed by atoms with Crippen LogP contribution in [-0.2, 0) is 0 Å². The summed E-state index contributed by atoms with van der Waals surface area (Å²) < 4.78 is 0. The van der Waals surface area contributed by atoms with Gasteiger partial charge in [0, 0.05) is 31.4 Å². The van der Waals surface area contributed by atoms with Gasteiger partial charge in [-0.15, -0.1) is 0 Å². The molecule has 1 unspecified atom stereocenters. The third kappa shape index (κ3) is 3.20. The Morgan fingerprint density at radius 3 is 2.88 bits per heavy atom. The van der Waals surface area contributed by atoms with E-state index in [4.69, 9.17) is 5.73 Å². The standard InChI is InChI=1S/C11H17N3O2/c1-8(6-12)7-14(2)11(16)9-3-4-13-10(15)5-9/h3-5,8H,6-7,12H2,1-2H3,(H,13,15). The molecule has 1 aromatic heterocycles. The van der Waals surface area contributed by atoms with Crippen LogP contribution in [0.5, 0.6) is 0 Å². The second-order valence-corrected chi connectivity index (χ2v) is 3.97. The van der Waals surface area contributed by atoms with Crippen molar-refractivity contribution >= 4 is 5.91 Å². The second-order valence-electron chi connectivity index (χ2n) is 3.97. The van der Waals surface area contributed by atoms with Crippen molar-refractivity contribution in [3.63, 3.8) is 0 Å². The van der Waals surface area contributed by atoms with Crippen LogP contribution in [0, 0.1) is 5.92 Å². The highest BCUT2D eigenvalue weighted by molar-refractivity contribution is 5.93. The van der Waals surface area contributed by atoms with Crippen molar-refractivity contribution in [3.8, 4) is 0 Å². The van der Waals surface area contributed by atoms with Crippen LogP contribution >= 0.6 is 0 Å². The molecular formula is C11H17N3O2. The maximum Gasteiger partial charge on any atom is 0.253 e. The predicted molar refractivity (Wildman–Crippen MR) is 62.2 cm³/mol. The van der Waals surface area contributed by atoms with Gasteiger partial charge in [0.25, 0.3) is 5.91 Å². The number of aromatic amines is 1. The fraction of sp³-hybridized carbons (Fsp3) is 0.455. The van der Waals surface area contributed by atoms with E-state index in [2.05, 4.69) is 4.98 Å². The topological polar surface area (TPSA) is 79.2 Å². The van der Waals surface area contributed by atoms with Gasteiger partial charge < -0.3 is 15.6 Å². The Hall–Kier alpha value is -1.62. The molecule has 0 bridgehead atoms. The summed E-state index contributed by atoms with van der Waals surface area (Å²) in [6.07, 6.45) is 1.47. The normalized spacial score (nSPS) is 12.2. The summed E-state index contributed by atoms with van der Waals surface area (Å²) in [5.41, 5.74) is 5.62. The molecule has 0 aromatic carbocycles. The lowest BCUT2D eigenvalue weighted by atomic mass is 10.1. The van der Waals surface area contributed by atoms with Crippen molar-refractivity contribution in [1.29, 1.82) is 0 Å². The Labute approximate surface area is 94.3 Å². The first-order valence-corrected chi connectivity index (χ1v) is 5.19. The number of pyridine rings is 1. The van der Waals surface area contributed by atoms with Crippen molar-refractivity contribution in [2.24, 2.45) is 11.7 Å². The van der Waals surface area contributed by atoms with Crippen LogP contribution < -0.4 is 11.3 Å². The molecule has 5 nitrogen and oxygen atoms in total. The molecule has 16 heavy (non-hydrogen) atoms. The van der Waals surface area contributed by atoms with Crippen LogP contribution in [0.4, 0.5) is 0 Å². The summed E-state index contributed by atoms with van der Waals surface area (Å²) >= 11 is 0.